The molecule has 0 aliphatic carbocycles. The van der Waals surface area contributed by atoms with E-state index in [0.717, 1.165) is 5.49 Å². The van der Waals surface area contributed by atoms with Crippen LogP contribution in [-0.2, 0) is 7.05 Å². The standard InChI is InChI=1S/C7H10N2/c1-8-7-5-3-4-6-9(7)2/h3-6H,1-2H3/b8-7-. The highest BCUT2D eigenvalue weighted by atomic mass is 15.0. The summed E-state index contributed by atoms with van der Waals surface area (Å²) in [5, 5.41) is 0. The summed E-state index contributed by atoms with van der Waals surface area (Å²) in [6.07, 6.45) is 1.97. The van der Waals surface area contributed by atoms with Crippen LogP contribution in [-0.4, -0.2) is 11.6 Å². The summed E-state index contributed by atoms with van der Waals surface area (Å²) in [4.78, 5) is 4.03. The Labute approximate surface area is 54.5 Å². The van der Waals surface area contributed by atoms with Crippen molar-refractivity contribution in [2.75, 3.05) is 7.05 Å². The predicted molar refractivity (Wildman–Crippen MR) is 36.9 cm³/mol. The van der Waals surface area contributed by atoms with E-state index in [1.807, 2.05) is 36.0 Å². The van der Waals surface area contributed by atoms with E-state index in [1.165, 1.54) is 0 Å². The van der Waals surface area contributed by atoms with Crippen LogP contribution in [0.25, 0.3) is 0 Å². The molecule has 0 radical (unpaired) electrons. The Hall–Kier alpha value is -1.05. The molecule has 2 nitrogen and oxygen atoms in total. The van der Waals surface area contributed by atoms with Gasteiger partial charge >= 0.3 is 0 Å². The van der Waals surface area contributed by atoms with Gasteiger partial charge in [0.2, 0.25) is 0 Å². The van der Waals surface area contributed by atoms with E-state index >= 15 is 0 Å². The number of hydrogen-bond acceptors (Lipinski definition) is 1. The summed E-state index contributed by atoms with van der Waals surface area (Å²) in [6, 6.07) is 5.93. The van der Waals surface area contributed by atoms with Gasteiger partial charge in [-0.2, -0.15) is 0 Å². The van der Waals surface area contributed by atoms with Crippen LogP contribution in [0.3, 0.4) is 0 Å². The van der Waals surface area contributed by atoms with E-state index in [2.05, 4.69) is 4.99 Å². The van der Waals surface area contributed by atoms with Crippen LogP contribution in [0, 0.1) is 0 Å². The van der Waals surface area contributed by atoms with E-state index in [0.29, 0.717) is 0 Å². The lowest BCUT2D eigenvalue weighted by Crippen LogP contribution is -2.14. The molecule has 0 spiro atoms. The molecule has 1 rings (SSSR count). The molecule has 0 fully saturated rings. The first-order chi connectivity index (χ1) is 4.34. The van der Waals surface area contributed by atoms with Gasteiger partial charge in [-0.1, -0.05) is 6.07 Å². The minimum atomic E-state index is 0.998. The van der Waals surface area contributed by atoms with Gasteiger partial charge in [-0.05, 0) is 12.1 Å². The molecule has 0 aliphatic rings. The van der Waals surface area contributed by atoms with Gasteiger partial charge < -0.3 is 4.57 Å². The molecule has 48 valence electrons. The summed E-state index contributed by atoms with van der Waals surface area (Å²) in [5.74, 6) is 0. The third-order valence-corrected chi connectivity index (χ3v) is 1.26. The number of pyridine rings is 1. The lowest BCUT2D eigenvalue weighted by molar-refractivity contribution is 0.828. The second-order valence-corrected chi connectivity index (χ2v) is 1.89. The van der Waals surface area contributed by atoms with Crippen LogP contribution < -0.4 is 5.49 Å². The maximum Gasteiger partial charge on any atom is 0.126 e. The van der Waals surface area contributed by atoms with Gasteiger partial charge in [0, 0.05) is 20.3 Å². The fraction of sp³-hybridized carbons (Fsp3) is 0.286. The van der Waals surface area contributed by atoms with Crippen LogP contribution >= 0.6 is 0 Å². The Kier molecular flexibility index (Phi) is 1.68. The molecule has 0 N–H and O–H groups in total. The fourth-order valence-corrected chi connectivity index (χ4v) is 0.747. The molecular formula is C7H10N2. The Morgan fingerprint density at radius 1 is 1.44 bits per heavy atom. The van der Waals surface area contributed by atoms with Gasteiger partial charge in [0.1, 0.15) is 5.49 Å². The molecule has 2 heteroatoms. The van der Waals surface area contributed by atoms with Crippen LogP contribution in [0.2, 0.25) is 0 Å². The molecule has 0 atom stereocenters. The molecule has 0 saturated carbocycles. The van der Waals surface area contributed by atoms with Gasteiger partial charge in [0.25, 0.3) is 0 Å². The van der Waals surface area contributed by atoms with E-state index < -0.39 is 0 Å². The summed E-state index contributed by atoms with van der Waals surface area (Å²) in [7, 11) is 3.76. The van der Waals surface area contributed by atoms with E-state index in [9.17, 15) is 0 Å². The maximum atomic E-state index is 4.03. The first-order valence-electron chi connectivity index (χ1n) is 2.89. The molecular weight excluding hydrogens is 112 g/mol. The molecule has 0 amide bonds. The van der Waals surface area contributed by atoms with Crippen LogP contribution in [0.1, 0.15) is 0 Å². The molecule has 0 bridgehead atoms. The zero-order valence-corrected chi connectivity index (χ0v) is 5.70. The van der Waals surface area contributed by atoms with Crippen molar-refractivity contribution in [2.45, 2.75) is 0 Å². The van der Waals surface area contributed by atoms with E-state index in [-0.39, 0.29) is 0 Å². The SMILES string of the molecule is C/N=c1/ccccn1C. The van der Waals surface area contributed by atoms with Crippen molar-refractivity contribution >= 4 is 0 Å². The largest absolute Gasteiger partial charge is 0.336 e. The third kappa shape index (κ3) is 1.19. The summed E-state index contributed by atoms with van der Waals surface area (Å²) in [5.41, 5.74) is 0.998. The predicted octanol–water partition coefficient (Wildman–Crippen LogP) is 0.556. The Morgan fingerprint density at radius 3 is 2.67 bits per heavy atom. The quantitative estimate of drug-likeness (QED) is 0.478. The summed E-state index contributed by atoms with van der Waals surface area (Å²) in [6.45, 7) is 0. The van der Waals surface area contributed by atoms with E-state index in [1.54, 1.807) is 7.05 Å². The summed E-state index contributed by atoms with van der Waals surface area (Å²) < 4.78 is 1.97. The first kappa shape index (κ1) is 6.08. The van der Waals surface area contributed by atoms with Crippen LogP contribution in [0.4, 0.5) is 0 Å². The maximum absolute atomic E-state index is 4.03. The van der Waals surface area contributed by atoms with Crippen molar-refractivity contribution in [2.24, 2.45) is 12.0 Å². The average molecular weight is 122 g/mol. The zero-order chi connectivity index (χ0) is 6.69. The van der Waals surface area contributed by atoms with Crippen LogP contribution in [0.5, 0.6) is 0 Å². The molecule has 0 aromatic carbocycles. The van der Waals surface area contributed by atoms with Gasteiger partial charge in [0.15, 0.2) is 0 Å². The highest BCUT2D eigenvalue weighted by molar-refractivity contribution is 4.91. The number of hydrogen-bond donors (Lipinski definition) is 0. The molecule has 0 unspecified atom stereocenters. The molecule has 0 saturated heterocycles. The molecule has 1 heterocycles. The van der Waals surface area contributed by atoms with Gasteiger partial charge in [0.05, 0.1) is 0 Å². The average Bonchev–Trinajstić information content (AvgIpc) is 1.89. The Bertz CT molecular complexity index is 247. The Balaban J connectivity index is 3.33. The Morgan fingerprint density at radius 2 is 2.22 bits per heavy atom. The van der Waals surface area contributed by atoms with Gasteiger partial charge in [-0.25, -0.2) is 0 Å². The van der Waals surface area contributed by atoms with Crippen molar-refractivity contribution in [1.29, 1.82) is 0 Å². The van der Waals surface area contributed by atoms with E-state index in [4.69, 9.17) is 0 Å². The molecule has 9 heavy (non-hydrogen) atoms. The van der Waals surface area contributed by atoms with Crippen molar-refractivity contribution in [3.8, 4) is 0 Å². The highest BCUT2D eigenvalue weighted by Gasteiger charge is 1.78. The van der Waals surface area contributed by atoms with Crippen molar-refractivity contribution in [1.82, 2.24) is 4.57 Å². The topological polar surface area (TPSA) is 17.3 Å². The minimum absolute atomic E-state index is 0.998. The number of aryl methyl sites for hydroxylation is 1. The molecule has 1 aromatic heterocycles. The van der Waals surface area contributed by atoms with Crippen molar-refractivity contribution in [3.63, 3.8) is 0 Å². The number of aromatic nitrogens is 1. The van der Waals surface area contributed by atoms with Gasteiger partial charge in [-0.15, -0.1) is 0 Å². The second kappa shape index (κ2) is 2.49. The fourth-order valence-electron chi connectivity index (χ4n) is 0.747. The second-order valence-electron chi connectivity index (χ2n) is 1.89. The van der Waals surface area contributed by atoms with Crippen molar-refractivity contribution in [3.05, 3.63) is 29.9 Å². The van der Waals surface area contributed by atoms with Gasteiger partial charge in [-0.3, -0.25) is 4.99 Å². The zero-order valence-electron chi connectivity index (χ0n) is 5.70. The normalized spacial score (nSPS) is 12.0. The minimum Gasteiger partial charge on any atom is -0.336 e. The molecule has 1 aromatic rings. The molecule has 0 aliphatic heterocycles. The third-order valence-electron chi connectivity index (χ3n) is 1.26. The number of rotatable bonds is 0. The summed E-state index contributed by atoms with van der Waals surface area (Å²) >= 11 is 0. The highest BCUT2D eigenvalue weighted by Crippen LogP contribution is 1.74. The lowest BCUT2D eigenvalue weighted by Gasteiger charge is -1.94. The lowest BCUT2D eigenvalue weighted by atomic mass is 10.5. The van der Waals surface area contributed by atoms with Crippen molar-refractivity contribution < 1.29 is 0 Å². The smallest absolute Gasteiger partial charge is 0.126 e. The first-order valence-corrected chi connectivity index (χ1v) is 2.89. The number of nitrogens with zero attached hydrogens (tertiary/aromatic N) is 2. The van der Waals surface area contributed by atoms with Crippen LogP contribution in [0.15, 0.2) is 29.4 Å². The monoisotopic (exact) mass is 122 g/mol.